The minimum Gasteiger partial charge on any atom is -0.392 e. The fourth-order valence-corrected chi connectivity index (χ4v) is 8.87. The average molecular weight is 515 g/mol. The second kappa shape index (κ2) is 8.54. The highest BCUT2D eigenvalue weighted by Gasteiger charge is 2.82. The molecule has 0 radical (unpaired) electrons. The normalized spacial score (nSPS) is 46.9. The molecule has 7 nitrogen and oxygen atoms in total. The van der Waals surface area contributed by atoms with E-state index in [0.29, 0.717) is 12.8 Å². The molecule has 8 atom stereocenters. The molecule has 0 aromatic rings. The molecule has 3 saturated carbocycles. The third-order valence-electron chi connectivity index (χ3n) is 11.0. The molecule has 2 N–H and O–H groups in total. The highest BCUT2D eigenvalue weighted by molar-refractivity contribution is 6.01. The van der Waals surface area contributed by atoms with E-state index in [1.54, 1.807) is 12.2 Å². The van der Waals surface area contributed by atoms with Gasteiger partial charge in [0.15, 0.2) is 28.7 Å². The summed E-state index contributed by atoms with van der Waals surface area (Å²) < 4.78 is 12.8. The number of aliphatic hydroxyl groups excluding tert-OH is 2. The SMILES string of the molecule is C=CC(C)=O.CC1(C)O[C@@H]2C[C@@]3(C)C4CCC5=CC(=O)C=CC5(C)[C@@]4(C)C(O)CC3(C)[C@]2(C(=O)CO)O1. The van der Waals surface area contributed by atoms with E-state index in [-0.39, 0.29) is 28.7 Å². The van der Waals surface area contributed by atoms with Crippen molar-refractivity contribution in [3.63, 3.8) is 0 Å². The number of rotatable bonds is 3. The maximum Gasteiger partial charge on any atom is 0.193 e. The maximum absolute atomic E-state index is 13.4. The first-order chi connectivity index (χ1) is 17.0. The maximum atomic E-state index is 13.4. The van der Waals surface area contributed by atoms with Crippen LogP contribution in [0.15, 0.2) is 36.5 Å². The van der Waals surface area contributed by atoms with Crippen LogP contribution in [0.4, 0.5) is 0 Å². The summed E-state index contributed by atoms with van der Waals surface area (Å²) in [5.41, 5.74) is -2.24. The summed E-state index contributed by atoms with van der Waals surface area (Å²) in [5, 5.41) is 21.8. The highest BCUT2D eigenvalue weighted by Crippen LogP contribution is 2.78. The van der Waals surface area contributed by atoms with Gasteiger partial charge in [-0.3, -0.25) is 14.4 Å². The fourth-order valence-electron chi connectivity index (χ4n) is 8.87. The smallest absolute Gasteiger partial charge is 0.193 e. The molecule has 4 unspecified atom stereocenters. The van der Waals surface area contributed by atoms with Crippen molar-refractivity contribution in [2.75, 3.05) is 6.61 Å². The summed E-state index contributed by atoms with van der Waals surface area (Å²) in [7, 11) is 0. The Morgan fingerprint density at radius 3 is 2.35 bits per heavy atom. The Morgan fingerprint density at radius 1 is 1.16 bits per heavy atom. The van der Waals surface area contributed by atoms with Gasteiger partial charge in [0.25, 0.3) is 0 Å². The van der Waals surface area contributed by atoms with Crippen LogP contribution in [0.25, 0.3) is 0 Å². The Balaban J connectivity index is 0.000000586. The van der Waals surface area contributed by atoms with Crippen LogP contribution in [0, 0.1) is 27.6 Å². The number of ketones is 3. The van der Waals surface area contributed by atoms with Gasteiger partial charge in [-0.1, -0.05) is 45.9 Å². The predicted octanol–water partition coefficient (Wildman–Crippen LogP) is 3.87. The first-order valence-corrected chi connectivity index (χ1v) is 13.3. The standard InChI is InChI=1S/C26H36O6.C4H6O/c1-21(2)31-20-13-23(4)17-8-7-15-11-16(28)9-10-22(15,3)25(17,6)18(29)12-24(23,5)26(20,32-21)19(30)14-27;1-3-4(2)5/h9-11,17-18,20,27,29H,7-8,12-14H2,1-6H3;3H,1H2,2H3/t17?,18?,20-,22?,23+,24?,25-,26-;/m1./s1. The number of fused-ring (bicyclic) bond motifs is 7. The van der Waals surface area contributed by atoms with Crippen molar-refractivity contribution >= 4 is 17.3 Å². The van der Waals surface area contributed by atoms with Crippen LogP contribution in [0.3, 0.4) is 0 Å². The molecule has 7 heteroatoms. The van der Waals surface area contributed by atoms with Gasteiger partial charge in [-0.05, 0) is 76.0 Å². The lowest BCUT2D eigenvalue weighted by Crippen LogP contribution is -2.70. The van der Waals surface area contributed by atoms with Gasteiger partial charge in [-0.2, -0.15) is 0 Å². The average Bonchev–Trinajstić information content (AvgIpc) is 3.18. The highest BCUT2D eigenvalue weighted by atomic mass is 16.8. The topological polar surface area (TPSA) is 110 Å². The molecule has 5 aliphatic rings. The van der Waals surface area contributed by atoms with E-state index in [2.05, 4.69) is 34.3 Å². The molecule has 204 valence electrons. The molecule has 0 aromatic carbocycles. The van der Waals surface area contributed by atoms with Crippen molar-refractivity contribution in [1.82, 2.24) is 0 Å². The third-order valence-corrected chi connectivity index (χ3v) is 11.0. The second-order valence-electron chi connectivity index (χ2n) is 12.9. The summed E-state index contributed by atoms with van der Waals surface area (Å²) in [6, 6.07) is 0. The summed E-state index contributed by atoms with van der Waals surface area (Å²) in [6.07, 6.45) is 8.06. The predicted molar refractivity (Wildman–Crippen MR) is 138 cm³/mol. The number of hydrogen-bond donors (Lipinski definition) is 2. The molecule has 0 bridgehead atoms. The molecule has 4 fully saturated rings. The van der Waals surface area contributed by atoms with Gasteiger partial charge in [0.1, 0.15) is 6.61 Å². The van der Waals surface area contributed by atoms with E-state index in [0.717, 1.165) is 18.4 Å². The Bertz CT molecular complexity index is 1100. The van der Waals surface area contributed by atoms with Gasteiger partial charge in [0.05, 0.1) is 12.2 Å². The van der Waals surface area contributed by atoms with Crippen molar-refractivity contribution in [3.05, 3.63) is 36.5 Å². The van der Waals surface area contributed by atoms with Crippen LogP contribution in [-0.2, 0) is 23.9 Å². The summed E-state index contributed by atoms with van der Waals surface area (Å²) in [4.78, 5) is 35.2. The number of Topliss-reactive ketones (excluding diaryl/α,β-unsaturated/α-hetero) is 1. The Hall–Kier alpha value is -1.93. The van der Waals surface area contributed by atoms with Gasteiger partial charge < -0.3 is 19.7 Å². The van der Waals surface area contributed by atoms with Gasteiger partial charge >= 0.3 is 0 Å². The number of aliphatic hydroxyl groups is 2. The Labute approximate surface area is 220 Å². The van der Waals surface area contributed by atoms with Crippen molar-refractivity contribution in [3.8, 4) is 0 Å². The molecule has 4 aliphatic carbocycles. The monoisotopic (exact) mass is 514 g/mol. The van der Waals surface area contributed by atoms with Crippen molar-refractivity contribution in [2.24, 2.45) is 27.6 Å². The van der Waals surface area contributed by atoms with E-state index in [1.165, 1.54) is 13.0 Å². The van der Waals surface area contributed by atoms with Crippen molar-refractivity contribution in [2.45, 2.75) is 97.7 Å². The van der Waals surface area contributed by atoms with Crippen LogP contribution in [0.5, 0.6) is 0 Å². The Kier molecular flexibility index (Phi) is 6.48. The van der Waals surface area contributed by atoms with Crippen LogP contribution in [0.1, 0.15) is 74.1 Å². The van der Waals surface area contributed by atoms with Gasteiger partial charge in [0.2, 0.25) is 0 Å². The zero-order chi connectivity index (χ0) is 27.8. The number of carbonyl (C=O) groups is 3. The first-order valence-electron chi connectivity index (χ1n) is 13.3. The van der Waals surface area contributed by atoms with Gasteiger partial charge in [0, 0.05) is 16.2 Å². The van der Waals surface area contributed by atoms with E-state index < -0.39 is 46.4 Å². The number of allylic oxidation sites excluding steroid dienone is 5. The molecule has 0 amide bonds. The van der Waals surface area contributed by atoms with Crippen molar-refractivity contribution < 1.29 is 34.1 Å². The molecular weight excluding hydrogens is 472 g/mol. The second-order valence-corrected chi connectivity index (χ2v) is 12.9. The molecule has 1 heterocycles. The van der Waals surface area contributed by atoms with E-state index in [9.17, 15) is 24.6 Å². The van der Waals surface area contributed by atoms with Crippen LogP contribution in [-0.4, -0.2) is 57.8 Å². The van der Waals surface area contributed by atoms with E-state index in [4.69, 9.17) is 9.47 Å². The van der Waals surface area contributed by atoms with Gasteiger partial charge in [-0.25, -0.2) is 0 Å². The first kappa shape index (κ1) is 28.1. The molecule has 0 spiro atoms. The number of hydrogen-bond acceptors (Lipinski definition) is 7. The van der Waals surface area contributed by atoms with Crippen LogP contribution < -0.4 is 0 Å². The molecule has 1 aliphatic heterocycles. The Morgan fingerprint density at radius 2 is 1.78 bits per heavy atom. The van der Waals surface area contributed by atoms with E-state index >= 15 is 0 Å². The van der Waals surface area contributed by atoms with Crippen molar-refractivity contribution in [1.29, 1.82) is 0 Å². The third kappa shape index (κ3) is 3.43. The quantitative estimate of drug-likeness (QED) is 0.550. The van der Waals surface area contributed by atoms with Crippen LogP contribution >= 0.6 is 0 Å². The molecule has 37 heavy (non-hydrogen) atoms. The van der Waals surface area contributed by atoms with E-state index in [1.807, 2.05) is 19.9 Å². The van der Waals surface area contributed by atoms with Gasteiger partial charge in [-0.15, -0.1) is 0 Å². The lowest BCUT2D eigenvalue weighted by molar-refractivity contribution is -0.265. The minimum atomic E-state index is -1.29. The molecule has 0 aromatic heterocycles. The lowest BCUT2D eigenvalue weighted by Gasteiger charge is -2.69. The zero-order valence-corrected chi connectivity index (χ0v) is 23.2. The lowest BCUT2D eigenvalue weighted by atomic mass is 9.36. The molecule has 1 saturated heterocycles. The number of ether oxygens (including phenoxy) is 2. The summed E-state index contributed by atoms with van der Waals surface area (Å²) >= 11 is 0. The summed E-state index contributed by atoms with van der Waals surface area (Å²) in [5.74, 6) is -1.20. The molecule has 5 rings (SSSR count). The zero-order valence-electron chi connectivity index (χ0n) is 23.2. The minimum absolute atomic E-state index is 0.00722. The summed E-state index contributed by atoms with van der Waals surface area (Å²) in [6.45, 7) is 16.3. The van der Waals surface area contributed by atoms with Crippen LogP contribution in [0.2, 0.25) is 0 Å². The largest absolute Gasteiger partial charge is 0.392 e. The fraction of sp³-hybridized carbons (Fsp3) is 0.700. The molecular formula is C30H42O7. The number of carbonyl (C=O) groups excluding carboxylic acids is 3.